The Morgan fingerprint density at radius 2 is 2.14 bits per heavy atom. The molecule has 114 valence electrons. The largest absolute Gasteiger partial charge is 0.492 e. The molecule has 0 radical (unpaired) electrons. The fraction of sp³-hybridized carbons (Fsp3) is 0.556. The highest BCUT2D eigenvalue weighted by atomic mass is 16.5. The van der Waals surface area contributed by atoms with Crippen molar-refractivity contribution in [2.24, 2.45) is 5.92 Å². The van der Waals surface area contributed by atoms with Crippen molar-refractivity contribution >= 4 is 0 Å². The second-order valence-corrected chi connectivity index (χ2v) is 5.68. The number of piperidine rings is 1. The molecule has 3 heteroatoms. The highest BCUT2D eigenvalue weighted by molar-refractivity contribution is 5.39. The van der Waals surface area contributed by atoms with Crippen molar-refractivity contribution in [2.45, 2.75) is 26.2 Å². The van der Waals surface area contributed by atoms with Crippen LogP contribution in [-0.2, 0) is 0 Å². The van der Waals surface area contributed by atoms with Crippen LogP contribution in [0.5, 0.6) is 5.75 Å². The van der Waals surface area contributed by atoms with E-state index < -0.39 is 0 Å². The second kappa shape index (κ2) is 8.71. The molecular weight excluding hydrogens is 262 g/mol. The predicted octanol–water partition coefficient (Wildman–Crippen LogP) is 2.53. The summed E-state index contributed by atoms with van der Waals surface area (Å²) in [5.41, 5.74) is 0.938. The molecule has 1 aliphatic heterocycles. The van der Waals surface area contributed by atoms with E-state index in [-0.39, 0.29) is 6.61 Å². The van der Waals surface area contributed by atoms with Crippen molar-refractivity contribution in [3.05, 3.63) is 29.8 Å². The molecule has 1 saturated heterocycles. The molecular formula is C18H25NO2. The fourth-order valence-corrected chi connectivity index (χ4v) is 2.46. The normalized spacial score (nSPS) is 16.3. The highest BCUT2D eigenvalue weighted by Gasteiger charge is 2.14. The Kier molecular flexibility index (Phi) is 6.59. The predicted molar refractivity (Wildman–Crippen MR) is 85.4 cm³/mol. The molecule has 1 aromatic rings. The first-order valence-electron chi connectivity index (χ1n) is 7.83. The van der Waals surface area contributed by atoms with Crippen molar-refractivity contribution < 1.29 is 9.84 Å². The van der Waals surface area contributed by atoms with Gasteiger partial charge in [0.2, 0.25) is 0 Å². The maximum atomic E-state index is 8.72. The molecule has 1 aromatic carbocycles. The SMILES string of the molecule is CC1CCN(CCOc2cccc(C#CCCO)c2)CC1. The number of benzene rings is 1. The lowest BCUT2D eigenvalue weighted by Crippen LogP contribution is -2.35. The zero-order valence-corrected chi connectivity index (χ0v) is 12.8. The Morgan fingerprint density at radius 3 is 2.90 bits per heavy atom. The van der Waals surface area contributed by atoms with Gasteiger partial charge >= 0.3 is 0 Å². The summed E-state index contributed by atoms with van der Waals surface area (Å²) in [5, 5.41) is 8.72. The zero-order chi connectivity index (χ0) is 14.9. The molecule has 1 N–H and O–H groups in total. The number of aliphatic hydroxyl groups excluding tert-OH is 1. The van der Waals surface area contributed by atoms with Gasteiger partial charge in [0, 0.05) is 18.5 Å². The summed E-state index contributed by atoms with van der Waals surface area (Å²) in [6, 6.07) is 7.85. The maximum absolute atomic E-state index is 8.72. The number of hydrogen-bond donors (Lipinski definition) is 1. The van der Waals surface area contributed by atoms with Crippen LogP contribution < -0.4 is 4.74 Å². The molecule has 0 amide bonds. The molecule has 0 saturated carbocycles. The lowest BCUT2D eigenvalue weighted by molar-refractivity contribution is 0.160. The molecule has 1 aliphatic rings. The van der Waals surface area contributed by atoms with Crippen LogP contribution in [-0.4, -0.2) is 42.9 Å². The third-order valence-electron chi connectivity index (χ3n) is 3.86. The highest BCUT2D eigenvalue weighted by Crippen LogP contribution is 2.16. The quantitative estimate of drug-likeness (QED) is 0.845. The van der Waals surface area contributed by atoms with Crippen LogP contribution in [0.2, 0.25) is 0 Å². The van der Waals surface area contributed by atoms with Crippen molar-refractivity contribution in [1.29, 1.82) is 0 Å². The van der Waals surface area contributed by atoms with Gasteiger partial charge < -0.3 is 9.84 Å². The average molecular weight is 287 g/mol. The third-order valence-corrected chi connectivity index (χ3v) is 3.86. The van der Waals surface area contributed by atoms with Gasteiger partial charge in [0.1, 0.15) is 12.4 Å². The van der Waals surface area contributed by atoms with Crippen LogP contribution in [0, 0.1) is 17.8 Å². The Hall–Kier alpha value is -1.50. The van der Waals surface area contributed by atoms with Gasteiger partial charge in [0.15, 0.2) is 0 Å². The Bertz CT molecular complexity index is 481. The van der Waals surface area contributed by atoms with E-state index in [1.54, 1.807) is 0 Å². The molecule has 0 unspecified atom stereocenters. The standard InChI is InChI=1S/C18H25NO2/c1-16-8-10-19(11-9-16)12-14-21-18-7-4-6-17(15-18)5-2-3-13-20/h4,6-7,15-16,20H,3,8-14H2,1H3. The van der Waals surface area contributed by atoms with Gasteiger partial charge in [-0.15, -0.1) is 0 Å². The smallest absolute Gasteiger partial charge is 0.120 e. The van der Waals surface area contributed by atoms with E-state index in [1.165, 1.54) is 25.9 Å². The summed E-state index contributed by atoms with van der Waals surface area (Å²) in [6.07, 6.45) is 3.12. The summed E-state index contributed by atoms with van der Waals surface area (Å²) in [4.78, 5) is 2.48. The van der Waals surface area contributed by atoms with Gasteiger partial charge in [-0.1, -0.05) is 24.8 Å². The number of aliphatic hydroxyl groups is 1. The topological polar surface area (TPSA) is 32.7 Å². The lowest BCUT2D eigenvalue weighted by Gasteiger charge is -2.29. The maximum Gasteiger partial charge on any atom is 0.120 e. The van der Waals surface area contributed by atoms with E-state index in [0.717, 1.165) is 30.4 Å². The molecule has 0 aliphatic carbocycles. The number of rotatable bonds is 5. The van der Waals surface area contributed by atoms with Crippen molar-refractivity contribution in [2.75, 3.05) is 32.8 Å². The first-order chi connectivity index (χ1) is 10.3. The molecule has 0 spiro atoms. The molecule has 1 heterocycles. The van der Waals surface area contributed by atoms with Gasteiger partial charge in [0.05, 0.1) is 6.61 Å². The first kappa shape index (κ1) is 15.9. The Morgan fingerprint density at radius 1 is 1.33 bits per heavy atom. The van der Waals surface area contributed by atoms with Crippen molar-refractivity contribution in [3.63, 3.8) is 0 Å². The summed E-state index contributed by atoms with van der Waals surface area (Å²) in [6.45, 7) is 6.54. The second-order valence-electron chi connectivity index (χ2n) is 5.68. The monoisotopic (exact) mass is 287 g/mol. The zero-order valence-electron chi connectivity index (χ0n) is 12.8. The van der Waals surface area contributed by atoms with Gasteiger partial charge in [-0.2, -0.15) is 0 Å². The molecule has 0 atom stereocenters. The number of nitrogens with zero attached hydrogens (tertiary/aromatic N) is 1. The van der Waals surface area contributed by atoms with Gasteiger partial charge in [-0.25, -0.2) is 0 Å². The minimum absolute atomic E-state index is 0.109. The van der Waals surface area contributed by atoms with Crippen LogP contribution in [0.4, 0.5) is 0 Å². The molecule has 3 nitrogen and oxygen atoms in total. The van der Waals surface area contributed by atoms with E-state index in [9.17, 15) is 0 Å². The van der Waals surface area contributed by atoms with Gasteiger partial charge in [-0.05, 0) is 50.0 Å². The first-order valence-corrected chi connectivity index (χ1v) is 7.83. The van der Waals surface area contributed by atoms with Crippen LogP contribution in [0.25, 0.3) is 0 Å². The number of hydrogen-bond acceptors (Lipinski definition) is 3. The van der Waals surface area contributed by atoms with Gasteiger partial charge in [-0.3, -0.25) is 4.90 Å². The van der Waals surface area contributed by atoms with Crippen LogP contribution in [0.15, 0.2) is 24.3 Å². The Labute approximate surface area is 127 Å². The number of ether oxygens (including phenoxy) is 1. The summed E-state index contributed by atoms with van der Waals surface area (Å²) >= 11 is 0. The van der Waals surface area contributed by atoms with E-state index in [1.807, 2.05) is 24.3 Å². The minimum atomic E-state index is 0.109. The van der Waals surface area contributed by atoms with Crippen LogP contribution in [0.1, 0.15) is 31.7 Å². The molecule has 21 heavy (non-hydrogen) atoms. The third kappa shape index (κ3) is 5.79. The van der Waals surface area contributed by atoms with E-state index in [4.69, 9.17) is 9.84 Å². The summed E-state index contributed by atoms with van der Waals surface area (Å²) < 4.78 is 5.82. The van der Waals surface area contributed by atoms with E-state index in [0.29, 0.717) is 6.42 Å². The van der Waals surface area contributed by atoms with E-state index >= 15 is 0 Å². The fourth-order valence-electron chi connectivity index (χ4n) is 2.46. The average Bonchev–Trinajstić information content (AvgIpc) is 2.50. The van der Waals surface area contributed by atoms with E-state index in [2.05, 4.69) is 23.7 Å². The molecule has 0 aromatic heterocycles. The Balaban J connectivity index is 1.75. The summed E-state index contributed by atoms with van der Waals surface area (Å²) in [5.74, 6) is 7.70. The minimum Gasteiger partial charge on any atom is -0.492 e. The van der Waals surface area contributed by atoms with Gasteiger partial charge in [0.25, 0.3) is 0 Å². The van der Waals surface area contributed by atoms with Crippen LogP contribution >= 0.6 is 0 Å². The number of likely N-dealkylation sites (tertiary alicyclic amines) is 1. The van der Waals surface area contributed by atoms with Crippen LogP contribution in [0.3, 0.4) is 0 Å². The van der Waals surface area contributed by atoms with Crippen molar-refractivity contribution in [3.8, 4) is 17.6 Å². The molecule has 0 bridgehead atoms. The molecule has 2 rings (SSSR count). The van der Waals surface area contributed by atoms with Crippen molar-refractivity contribution in [1.82, 2.24) is 4.90 Å². The molecule has 1 fully saturated rings. The summed E-state index contributed by atoms with van der Waals surface area (Å²) in [7, 11) is 0. The lowest BCUT2D eigenvalue weighted by atomic mass is 9.99.